The van der Waals surface area contributed by atoms with Crippen LogP contribution in [0.25, 0.3) is 11.1 Å². The van der Waals surface area contributed by atoms with E-state index in [2.05, 4.69) is 0 Å². The van der Waals surface area contributed by atoms with Crippen LogP contribution in [-0.4, -0.2) is 13.4 Å². The summed E-state index contributed by atoms with van der Waals surface area (Å²) in [6.07, 6.45) is 0.242. The summed E-state index contributed by atoms with van der Waals surface area (Å²) < 4.78 is 32.5. The highest BCUT2D eigenvalue weighted by atomic mass is 19.2. The third-order valence-electron chi connectivity index (χ3n) is 2.63. The lowest BCUT2D eigenvalue weighted by Gasteiger charge is -2.10. The first kappa shape index (κ1) is 12.2. The summed E-state index contributed by atoms with van der Waals surface area (Å²) in [5.41, 5.74) is 0.176. The minimum absolute atomic E-state index is 0.0164. The van der Waals surface area contributed by atoms with E-state index in [-0.39, 0.29) is 17.6 Å². The number of hydrogen-bond acceptors (Lipinski definition) is 2. The van der Waals surface area contributed by atoms with Gasteiger partial charge in [0.05, 0.1) is 12.7 Å². The molecule has 0 aromatic heterocycles. The Morgan fingerprint density at radius 1 is 1.11 bits per heavy atom. The zero-order valence-electron chi connectivity index (χ0n) is 9.61. The predicted octanol–water partition coefficient (Wildman–Crippen LogP) is 3.45. The van der Waals surface area contributed by atoms with Crippen LogP contribution < -0.4 is 4.74 Å². The van der Waals surface area contributed by atoms with Crippen LogP contribution in [0.2, 0.25) is 0 Å². The van der Waals surface area contributed by atoms with Crippen LogP contribution in [0.5, 0.6) is 5.75 Å². The van der Waals surface area contributed by atoms with E-state index in [4.69, 9.17) is 4.74 Å². The molecule has 0 aliphatic rings. The zero-order valence-corrected chi connectivity index (χ0v) is 9.61. The molecule has 0 aliphatic heterocycles. The summed E-state index contributed by atoms with van der Waals surface area (Å²) in [6, 6.07) is 9.82. The molecule has 0 aliphatic carbocycles. The van der Waals surface area contributed by atoms with Gasteiger partial charge in [0, 0.05) is 5.56 Å². The van der Waals surface area contributed by atoms with Crippen molar-refractivity contribution >= 4 is 6.29 Å². The van der Waals surface area contributed by atoms with Gasteiger partial charge in [-0.2, -0.15) is 0 Å². The van der Waals surface area contributed by atoms with Crippen molar-refractivity contribution in [1.82, 2.24) is 0 Å². The van der Waals surface area contributed by atoms with Crippen LogP contribution in [0.15, 0.2) is 36.4 Å². The first-order valence-electron chi connectivity index (χ1n) is 5.25. The van der Waals surface area contributed by atoms with Crippen LogP contribution in [0.1, 0.15) is 10.4 Å². The van der Waals surface area contributed by atoms with E-state index in [1.165, 1.54) is 13.2 Å². The van der Waals surface area contributed by atoms with Crippen LogP contribution in [0.3, 0.4) is 0 Å². The molecule has 92 valence electrons. The Hall–Kier alpha value is -2.23. The van der Waals surface area contributed by atoms with Crippen LogP contribution >= 0.6 is 0 Å². The number of carbonyl (C=O) groups excluding carboxylic acids is 1. The molecule has 4 heteroatoms. The second-order valence-electron chi connectivity index (χ2n) is 3.65. The molecule has 0 heterocycles. The lowest BCUT2D eigenvalue weighted by atomic mass is 10.0. The average molecular weight is 248 g/mol. The van der Waals surface area contributed by atoms with E-state index in [1.54, 1.807) is 30.3 Å². The molecule has 0 atom stereocenters. The molecule has 0 N–H and O–H groups in total. The van der Waals surface area contributed by atoms with Crippen molar-refractivity contribution < 1.29 is 18.3 Å². The SMILES string of the molecule is COc1cc(-c2ccccc2)c(F)c(F)c1C=O. The Labute approximate surface area is 103 Å². The van der Waals surface area contributed by atoms with Gasteiger partial charge in [0.15, 0.2) is 17.9 Å². The molecule has 0 saturated carbocycles. The molecule has 0 unspecified atom stereocenters. The largest absolute Gasteiger partial charge is 0.496 e. The van der Waals surface area contributed by atoms with E-state index < -0.39 is 17.2 Å². The molecule has 18 heavy (non-hydrogen) atoms. The maximum Gasteiger partial charge on any atom is 0.173 e. The normalized spacial score (nSPS) is 10.2. The van der Waals surface area contributed by atoms with Gasteiger partial charge >= 0.3 is 0 Å². The molecule has 2 rings (SSSR count). The van der Waals surface area contributed by atoms with Crippen molar-refractivity contribution in [1.29, 1.82) is 0 Å². The highest BCUT2D eigenvalue weighted by molar-refractivity contribution is 5.82. The molecule has 0 amide bonds. The summed E-state index contributed by atoms with van der Waals surface area (Å²) in [5.74, 6) is -2.23. The highest BCUT2D eigenvalue weighted by Gasteiger charge is 2.19. The van der Waals surface area contributed by atoms with E-state index in [1.807, 2.05) is 0 Å². The van der Waals surface area contributed by atoms with Crippen molar-refractivity contribution in [3.05, 3.63) is 53.6 Å². The summed E-state index contributed by atoms with van der Waals surface area (Å²) in [5, 5.41) is 0. The third kappa shape index (κ3) is 1.97. The van der Waals surface area contributed by atoms with Gasteiger partial charge in [-0.25, -0.2) is 8.78 Å². The summed E-state index contributed by atoms with van der Waals surface area (Å²) >= 11 is 0. The third-order valence-corrected chi connectivity index (χ3v) is 2.63. The topological polar surface area (TPSA) is 26.3 Å². The van der Waals surface area contributed by atoms with E-state index in [0.717, 1.165) is 0 Å². The summed E-state index contributed by atoms with van der Waals surface area (Å²) in [4.78, 5) is 10.7. The first-order chi connectivity index (χ1) is 8.69. The Morgan fingerprint density at radius 2 is 1.78 bits per heavy atom. The number of halogens is 2. The number of carbonyl (C=O) groups is 1. The van der Waals surface area contributed by atoms with E-state index >= 15 is 0 Å². The van der Waals surface area contributed by atoms with Crippen molar-refractivity contribution in [2.45, 2.75) is 0 Å². The maximum atomic E-state index is 13.9. The van der Waals surface area contributed by atoms with Gasteiger partial charge < -0.3 is 4.74 Å². The van der Waals surface area contributed by atoms with Crippen molar-refractivity contribution in [2.75, 3.05) is 7.11 Å². The number of rotatable bonds is 3. The van der Waals surface area contributed by atoms with Gasteiger partial charge in [-0.15, -0.1) is 0 Å². The quantitative estimate of drug-likeness (QED) is 0.777. The number of methoxy groups -OCH3 is 1. The van der Waals surface area contributed by atoms with Gasteiger partial charge in [-0.05, 0) is 11.6 Å². The molecule has 2 nitrogen and oxygen atoms in total. The molecule has 2 aromatic rings. The van der Waals surface area contributed by atoms with Crippen LogP contribution in [-0.2, 0) is 0 Å². The molecule has 0 radical (unpaired) electrons. The second-order valence-corrected chi connectivity index (χ2v) is 3.65. The van der Waals surface area contributed by atoms with Gasteiger partial charge in [0.2, 0.25) is 0 Å². The molecule has 0 fully saturated rings. The standard InChI is InChI=1S/C14H10F2O2/c1-18-12-7-10(9-5-3-2-4-6-9)13(15)14(16)11(12)8-17/h2-8H,1H3. The van der Waals surface area contributed by atoms with Gasteiger partial charge in [0.25, 0.3) is 0 Å². The number of benzene rings is 2. The first-order valence-corrected chi connectivity index (χ1v) is 5.25. The van der Waals surface area contributed by atoms with Crippen molar-refractivity contribution in [3.63, 3.8) is 0 Å². The monoisotopic (exact) mass is 248 g/mol. The number of hydrogen-bond donors (Lipinski definition) is 0. The fraction of sp³-hybridized carbons (Fsp3) is 0.0714. The summed E-state index contributed by atoms with van der Waals surface area (Å²) in [7, 11) is 1.30. The van der Waals surface area contributed by atoms with E-state index in [9.17, 15) is 13.6 Å². The molecule has 0 bridgehead atoms. The lowest BCUT2D eigenvalue weighted by molar-refractivity contribution is 0.111. The fourth-order valence-corrected chi connectivity index (χ4v) is 1.72. The van der Waals surface area contributed by atoms with Gasteiger partial charge in [-0.1, -0.05) is 30.3 Å². The van der Waals surface area contributed by atoms with Crippen molar-refractivity contribution in [3.8, 4) is 16.9 Å². The smallest absolute Gasteiger partial charge is 0.173 e. The Bertz CT molecular complexity index is 580. The molecular weight excluding hydrogens is 238 g/mol. The molecule has 0 saturated heterocycles. The zero-order chi connectivity index (χ0) is 13.1. The molecular formula is C14H10F2O2. The van der Waals surface area contributed by atoms with Crippen LogP contribution in [0, 0.1) is 11.6 Å². The second kappa shape index (κ2) is 4.96. The maximum absolute atomic E-state index is 13.9. The number of ether oxygens (including phenoxy) is 1. The van der Waals surface area contributed by atoms with Crippen molar-refractivity contribution in [2.24, 2.45) is 0 Å². The molecule has 0 spiro atoms. The number of aldehydes is 1. The molecule has 2 aromatic carbocycles. The van der Waals surface area contributed by atoms with Gasteiger partial charge in [-0.3, -0.25) is 4.79 Å². The Morgan fingerprint density at radius 3 is 2.33 bits per heavy atom. The lowest BCUT2D eigenvalue weighted by Crippen LogP contribution is -2.00. The average Bonchev–Trinajstić information content (AvgIpc) is 2.42. The Kier molecular flexibility index (Phi) is 3.37. The minimum atomic E-state index is -1.19. The van der Waals surface area contributed by atoms with E-state index in [0.29, 0.717) is 5.56 Å². The Balaban J connectivity index is 2.70. The highest BCUT2D eigenvalue weighted by Crippen LogP contribution is 2.32. The van der Waals surface area contributed by atoms with Crippen LogP contribution in [0.4, 0.5) is 8.78 Å². The van der Waals surface area contributed by atoms with Gasteiger partial charge in [0.1, 0.15) is 5.75 Å². The summed E-state index contributed by atoms with van der Waals surface area (Å²) in [6.45, 7) is 0. The fourth-order valence-electron chi connectivity index (χ4n) is 1.72. The predicted molar refractivity (Wildman–Crippen MR) is 63.7 cm³/mol. The minimum Gasteiger partial charge on any atom is -0.496 e.